The van der Waals surface area contributed by atoms with Crippen LogP contribution in [0, 0.1) is 0 Å². The Morgan fingerprint density at radius 2 is 2.00 bits per heavy atom. The number of nitrogens with two attached hydrogens (primary N) is 1. The SMILES string of the molecule is COc1ccc(CN(C)CCC(F)(F)F)cc1CN. The second-order valence-corrected chi connectivity index (χ2v) is 4.45. The molecule has 0 bridgehead atoms. The van der Waals surface area contributed by atoms with Crippen LogP contribution >= 0.6 is 0 Å². The molecule has 6 heteroatoms. The van der Waals surface area contributed by atoms with Crippen molar-refractivity contribution in [2.75, 3.05) is 20.7 Å². The van der Waals surface area contributed by atoms with Crippen molar-refractivity contribution < 1.29 is 17.9 Å². The van der Waals surface area contributed by atoms with Gasteiger partial charge in [0.2, 0.25) is 0 Å². The first-order valence-corrected chi connectivity index (χ1v) is 5.97. The highest BCUT2D eigenvalue weighted by Gasteiger charge is 2.27. The first-order chi connectivity index (χ1) is 8.85. The van der Waals surface area contributed by atoms with Crippen molar-refractivity contribution in [1.29, 1.82) is 0 Å². The summed E-state index contributed by atoms with van der Waals surface area (Å²) in [5.74, 6) is 0.698. The molecule has 108 valence electrons. The molecule has 3 nitrogen and oxygen atoms in total. The molecule has 0 radical (unpaired) electrons. The number of methoxy groups -OCH3 is 1. The number of alkyl halides is 3. The van der Waals surface area contributed by atoms with E-state index in [1.807, 2.05) is 12.1 Å². The first kappa shape index (κ1) is 15.8. The molecule has 0 aromatic heterocycles. The normalized spacial score (nSPS) is 11.9. The zero-order valence-electron chi connectivity index (χ0n) is 11.1. The van der Waals surface area contributed by atoms with E-state index in [0.29, 0.717) is 18.8 Å². The van der Waals surface area contributed by atoms with Gasteiger partial charge in [-0.15, -0.1) is 0 Å². The average Bonchev–Trinajstić information content (AvgIpc) is 2.35. The molecule has 1 aromatic carbocycles. The Kier molecular flexibility index (Phi) is 5.62. The fourth-order valence-corrected chi connectivity index (χ4v) is 1.80. The van der Waals surface area contributed by atoms with Gasteiger partial charge in [0, 0.05) is 25.2 Å². The van der Waals surface area contributed by atoms with Gasteiger partial charge in [-0.05, 0) is 24.7 Å². The van der Waals surface area contributed by atoms with E-state index in [9.17, 15) is 13.2 Å². The Bertz CT molecular complexity index is 407. The molecule has 2 N–H and O–H groups in total. The Balaban J connectivity index is 2.61. The van der Waals surface area contributed by atoms with E-state index in [2.05, 4.69) is 0 Å². The molecule has 0 heterocycles. The first-order valence-electron chi connectivity index (χ1n) is 5.97. The van der Waals surface area contributed by atoms with Crippen molar-refractivity contribution in [3.8, 4) is 5.75 Å². The molecular formula is C13H19F3N2O. The second kappa shape index (κ2) is 6.77. The van der Waals surface area contributed by atoms with E-state index in [-0.39, 0.29) is 6.54 Å². The number of hydrogen-bond acceptors (Lipinski definition) is 3. The van der Waals surface area contributed by atoms with Crippen molar-refractivity contribution in [2.24, 2.45) is 5.73 Å². The zero-order valence-corrected chi connectivity index (χ0v) is 11.1. The quantitative estimate of drug-likeness (QED) is 0.867. The van der Waals surface area contributed by atoms with Crippen molar-refractivity contribution in [1.82, 2.24) is 4.90 Å². The van der Waals surface area contributed by atoms with Crippen molar-refractivity contribution in [2.45, 2.75) is 25.7 Å². The van der Waals surface area contributed by atoms with Gasteiger partial charge >= 0.3 is 6.18 Å². The maximum Gasteiger partial charge on any atom is 0.390 e. The summed E-state index contributed by atoms with van der Waals surface area (Å²) < 4.78 is 41.5. The van der Waals surface area contributed by atoms with Gasteiger partial charge in [0.25, 0.3) is 0 Å². The van der Waals surface area contributed by atoms with Gasteiger partial charge in [-0.2, -0.15) is 13.2 Å². The van der Waals surface area contributed by atoms with E-state index in [0.717, 1.165) is 11.1 Å². The molecule has 0 aliphatic rings. The Morgan fingerprint density at radius 3 is 2.53 bits per heavy atom. The van der Waals surface area contributed by atoms with Crippen LogP contribution in [-0.2, 0) is 13.1 Å². The highest BCUT2D eigenvalue weighted by molar-refractivity contribution is 5.37. The summed E-state index contributed by atoms with van der Waals surface area (Å²) in [4.78, 5) is 1.63. The lowest BCUT2D eigenvalue weighted by Crippen LogP contribution is -2.24. The Morgan fingerprint density at radius 1 is 1.32 bits per heavy atom. The van der Waals surface area contributed by atoms with Crippen LogP contribution in [0.25, 0.3) is 0 Å². The lowest BCUT2D eigenvalue weighted by Gasteiger charge is -2.18. The highest BCUT2D eigenvalue weighted by Crippen LogP contribution is 2.22. The largest absolute Gasteiger partial charge is 0.496 e. The topological polar surface area (TPSA) is 38.5 Å². The second-order valence-electron chi connectivity index (χ2n) is 4.45. The lowest BCUT2D eigenvalue weighted by molar-refractivity contribution is -0.137. The monoisotopic (exact) mass is 276 g/mol. The van der Waals surface area contributed by atoms with E-state index >= 15 is 0 Å². The van der Waals surface area contributed by atoms with Crippen LogP contribution in [0.5, 0.6) is 5.75 Å². The van der Waals surface area contributed by atoms with Gasteiger partial charge in [0.1, 0.15) is 5.75 Å². The summed E-state index contributed by atoms with van der Waals surface area (Å²) in [5, 5.41) is 0. The van der Waals surface area contributed by atoms with Crippen LogP contribution in [0.4, 0.5) is 13.2 Å². The molecule has 0 atom stereocenters. The molecule has 0 saturated carbocycles. The highest BCUT2D eigenvalue weighted by atomic mass is 19.4. The van der Waals surface area contributed by atoms with Crippen LogP contribution in [0.3, 0.4) is 0 Å². The van der Waals surface area contributed by atoms with Gasteiger partial charge in [0.15, 0.2) is 0 Å². The third-order valence-corrected chi connectivity index (χ3v) is 2.79. The third kappa shape index (κ3) is 5.48. The molecule has 0 unspecified atom stereocenters. The molecule has 0 saturated heterocycles. The number of benzene rings is 1. The minimum Gasteiger partial charge on any atom is -0.496 e. The van der Waals surface area contributed by atoms with Gasteiger partial charge < -0.3 is 15.4 Å². The molecule has 1 aromatic rings. The van der Waals surface area contributed by atoms with E-state index < -0.39 is 12.6 Å². The van der Waals surface area contributed by atoms with Gasteiger partial charge in [-0.3, -0.25) is 0 Å². The van der Waals surface area contributed by atoms with Gasteiger partial charge in [0.05, 0.1) is 13.5 Å². The van der Waals surface area contributed by atoms with E-state index in [1.54, 1.807) is 25.1 Å². The summed E-state index contributed by atoms with van der Waals surface area (Å²) in [7, 11) is 3.22. The lowest BCUT2D eigenvalue weighted by atomic mass is 10.1. The van der Waals surface area contributed by atoms with Crippen LogP contribution in [0.1, 0.15) is 17.5 Å². The minimum absolute atomic E-state index is 0.0203. The summed E-state index contributed by atoms with van der Waals surface area (Å²) in [6.45, 7) is 0.768. The summed E-state index contributed by atoms with van der Waals surface area (Å²) in [5.41, 5.74) is 7.37. The zero-order chi connectivity index (χ0) is 14.5. The predicted molar refractivity (Wildman–Crippen MR) is 67.9 cm³/mol. The molecule has 0 aliphatic heterocycles. The van der Waals surface area contributed by atoms with Crippen LogP contribution < -0.4 is 10.5 Å². The average molecular weight is 276 g/mol. The number of hydrogen-bond donors (Lipinski definition) is 1. The van der Waals surface area contributed by atoms with Crippen LogP contribution in [0.2, 0.25) is 0 Å². The Labute approximate surface area is 111 Å². The number of ether oxygens (including phenoxy) is 1. The van der Waals surface area contributed by atoms with Crippen LogP contribution in [-0.4, -0.2) is 31.8 Å². The van der Waals surface area contributed by atoms with E-state index in [1.165, 1.54) is 0 Å². The maximum atomic E-state index is 12.1. The van der Waals surface area contributed by atoms with Crippen molar-refractivity contribution >= 4 is 0 Å². The maximum absolute atomic E-state index is 12.1. The van der Waals surface area contributed by atoms with E-state index in [4.69, 9.17) is 10.5 Å². The fraction of sp³-hybridized carbons (Fsp3) is 0.538. The van der Waals surface area contributed by atoms with Crippen molar-refractivity contribution in [3.05, 3.63) is 29.3 Å². The standard InChI is InChI=1S/C13H19F3N2O/c1-18(6-5-13(14,15)16)9-10-3-4-12(19-2)11(7-10)8-17/h3-4,7H,5-6,8-9,17H2,1-2H3. The molecular weight excluding hydrogens is 257 g/mol. The summed E-state index contributed by atoms with van der Waals surface area (Å²) in [6.07, 6.45) is -4.92. The molecule has 0 fully saturated rings. The summed E-state index contributed by atoms with van der Waals surface area (Å²) >= 11 is 0. The molecule has 1 rings (SSSR count). The summed E-state index contributed by atoms with van der Waals surface area (Å²) in [6, 6.07) is 5.49. The third-order valence-electron chi connectivity index (χ3n) is 2.79. The van der Waals surface area contributed by atoms with Crippen molar-refractivity contribution in [3.63, 3.8) is 0 Å². The molecule has 19 heavy (non-hydrogen) atoms. The number of rotatable bonds is 6. The predicted octanol–water partition coefficient (Wildman–Crippen LogP) is 2.54. The Hall–Kier alpha value is -1.27. The minimum atomic E-state index is -4.11. The molecule has 0 aliphatic carbocycles. The molecule has 0 spiro atoms. The van der Waals surface area contributed by atoms with Gasteiger partial charge in [-0.25, -0.2) is 0 Å². The number of nitrogens with zero attached hydrogens (tertiary/aromatic N) is 1. The van der Waals surface area contributed by atoms with Gasteiger partial charge in [-0.1, -0.05) is 6.07 Å². The fourth-order valence-electron chi connectivity index (χ4n) is 1.80. The van der Waals surface area contributed by atoms with Crippen LogP contribution in [0.15, 0.2) is 18.2 Å². The number of halogens is 3. The smallest absolute Gasteiger partial charge is 0.390 e. The molecule has 0 amide bonds.